The molecule has 2 aromatic rings. The molecule has 0 bridgehead atoms. The highest BCUT2D eigenvalue weighted by Crippen LogP contribution is 2.29. The average Bonchev–Trinajstić information content (AvgIpc) is 3.02. The molecule has 0 aliphatic carbocycles. The van der Waals surface area contributed by atoms with Gasteiger partial charge in [0.2, 0.25) is 11.8 Å². The van der Waals surface area contributed by atoms with Crippen molar-refractivity contribution in [1.82, 2.24) is 10.2 Å². The molecule has 2 aromatic carbocycles. The number of benzene rings is 2. The molecular formula is C20H18F4N2O2. The van der Waals surface area contributed by atoms with Gasteiger partial charge >= 0.3 is 6.18 Å². The van der Waals surface area contributed by atoms with E-state index in [4.69, 9.17) is 0 Å². The first kappa shape index (κ1) is 19.9. The maximum atomic E-state index is 13.8. The smallest absolute Gasteiger partial charge is 0.352 e. The summed E-state index contributed by atoms with van der Waals surface area (Å²) < 4.78 is 52.0. The molecular weight excluding hydrogens is 376 g/mol. The number of likely N-dealkylation sites (tertiary alicyclic amines) is 1. The van der Waals surface area contributed by atoms with Crippen molar-refractivity contribution in [2.24, 2.45) is 5.92 Å². The molecule has 1 saturated heterocycles. The Morgan fingerprint density at radius 3 is 2.61 bits per heavy atom. The van der Waals surface area contributed by atoms with Gasteiger partial charge in [-0.15, -0.1) is 0 Å². The fourth-order valence-electron chi connectivity index (χ4n) is 3.12. The van der Waals surface area contributed by atoms with Gasteiger partial charge in [-0.2, -0.15) is 13.2 Å². The van der Waals surface area contributed by atoms with Crippen LogP contribution in [0, 0.1) is 11.7 Å². The first-order chi connectivity index (χ1) is 13.2. The van der Waals surface area contributed by atoms with Crippen molar-refractivity contribution in [3.63, 3.8) is 0 Å². The summed E-state index contributed by atoms with van der Waals surface area (Å²) in [5.74, 6) is -1.72. The van der Waals surface area contributed by atoms with Crippen LogP contribution in [0.15, 0.2) is 48.5 Å². The summed E-state index contributed by atoms with van der Waals surface area (Å²) in [5, 5.41) is 2.58. The topological polar surface area (TPSA) is 49.4 Å². The molecule has 1 unspecified atom stereocenters. The summed E-state index contributed by atoms with van der Waals surface area (Å²) in [5.41, 5.74) is -0.108. The Bertz CT molecular complexity index is 883. The summed E-state index contributed by atoms with van der Waals surface area (Å²) in [6, 6.07) is 10.8. The van der Waals surface area contributed by atoms with Gasteiger partial charge in [0, 0.05) is 31.6 Å². The molecule has 28 heavy (non-hydrogen) atoms. The molecule has 1 aliphatic heterocycles. The number of amides is 2. The number of halogens is 4. The molecule has 0 radical (unpaired) electrons. The Labute approximate surface area is 159 Å². The van der Waals surface area contributed by atoms with Gasteiger partial charge in [0.15, 0.2) is 0 Å². The molecule has 3 rings (SSSR count). The lowest BCUT2D eigenvalue weighted by Gasteiger charge is -2.17. The largest absolute Gasteiger partial charge is 0.416 e. The van der Waals surface area contributed by atoms with E-state index in [1.165, 1.54) is 23.1 Å². The van der Waals surface area contributed by atoms with E-state index in [0.29, 0.717) is 11.1 Å². The third-order valence-corrected chi connectivity index (χ3v) is 4.63. The quantitative estimate of drug-likeness (QED) is 0.789. The third-order valence-electron chi connectivity index (χ3n) is 4.63. The molecule has 1 aliphatic rings. The van der Waals surface area contributed by atoms with Gasteiger partial charge < -0.3 is 10.2 Å². The number of nitrogens with one attached hydrogen (secondary N) is 1. The third kappa shape index (κ3) is 4.68. The van der Waals surface area contributed by atoms with E-state index in [-0.39, 0.29) is 32.0 Å². The van der Waals surface area contributed by atoms with Crippen LogP contribution in [0.4, 0.5) is 17.6 Å². The van der Waals surface area contributed by atoms with Crippen LogP contribution in [-0.2, 0) is 28.9 Å². The molecule has 1 N–H and O–H groups in total. The lowest BCUT2D eigenvalue weighted by atomic mass is 10.1. The molecule has 148 valence electrons. The van der Waals surface area contributed by atoms with E-state index >= 15 is 0 Å². The highest BCUT2D eigenvalue weighted by molar-refractivity contribution is 5.89. The van der Waals surface area contributed by atoms with Crippen LogP contribution in [0.25, 0.3) is 0 Å². The van der Waals surface area contributed by atoms with E-state index in [9.17, 15) is 27.2 Å². The Morgan fingerprint density at radius 1 is 1.14 bits per heavy atom. The number of alkyl halides is 3. The molecule has 8 heteroatoms. The fraction of sp³-hybridized carbons (Fsp3) is 0.300. The van der Waals surface area contributed by atoms with Crippen molar-refractivity contribution in [2.45, 2.75) is 25.7 Å². The van der Waals surface area contributed by atoms with E-state index in [0.717, 1.165) is 12.1 Å². The van der Waals surface area contributed by atoms with Crippen molar-refractivity contribution in [2.75, 3.05) is 6.54 Å². The van der Waals surface area contributed by atoms with Gasteiger partial charge in [0.05, 0.1) is 11.5 Å². The van der Waals surface area contributed by atoms with Crippen molar-refractivity contribution in [3.8, 4) is 0 Å². The minimum Gasteiger partial charge on any atom is -0.352 e. The molecule has 1 atom stereocenters. The van der Waals surface area contributed by atoms with Crippen molar-refractivity contribution < 1.29 is 27.2 Å². The van der Waals surface area contributed by atoms with Crippen molar-refractivity contribution in [3.05, 3.63) is 71.0 Å². The van der Waals surface area contributed by atoms with Gasteiger partial charge in [0.1, 0.15) is 5.82 Å². The van der Waals surface area contributed by atoms with Gasteiger partial charge in [-0.3, -0.25) is 9.59 Å². The maximum Gasteiger partial charge on any atom is 0.416 e. The molecule has 1 heterocycles. The number of rotatable bonds is 5. The predicted octanol–water partition coefficient (Wildman–Crippen LogP) is 3.51. The van der Waals surface area contributed by atoms with E-state index in [2.05, 4.69) is 5.32 Å². The second-order valence-corrected chi connectivity index (χ2v) is 6.68. The molecule has 2 amide bonds. The number of hydrogen-bond donors (Lipinski definition) is 1. The average molecular weight is 394 g/mol. The second-order valence-electron chi connectivity index (χ2n) is 6.68. The lowest BCUT2D eigenvalue weighted by Crippen LogP contribution is -2.32. The Morgan fingerprint density at radius 2 is 1.89 bits per heavy atom. The zero-order valence-electron chi connectivity index (χ0n) is 14.8. The first-order valence-corrected chi connectivity index (χ1v) is 8.69. The van der Waals surface area contributed by atoms with Gasteiger partial charge in [0.25, 0.3) is 0 Å². The van der Waals surface area contributed by atoms with Crippen LogP contribution in [0.5, 0.6) is 0 Å². The van der Waals surface area contributed by atoms with Crippen LogP contribution in [-0.4, -0.2) is 23.3 Å². The highest BCUT2D eigenvalue weighted by atomic mass is 19.4. The number of carbonyl (C=O) groups excluding carboxylic acids is 2. The molecule has 1 fully saturated rings. The number of carbonyl (C=O) groups is 2. The van der Waals surface area contributed by atoms with Crippen molar-refractivity contribution >= 4 is 11.8 Å². The van der Waals surface area contributed by atoms with Crippen molar-refractivity contribution in [1.29, 1.82) is 0 Å². The summed E-state index contributed by atoms with van der Waals surface area (Å²) >= 11 is 0. The first-order valence-electron chi connectivity index (χ1n) is 8.69. The minimum absolute atomic E-state index is 0.0110. The Balaban J connectivity index is 1.57. The summed E-state index contributed by atoms with van der Waals surface area (Å²) in [6.45, 7) is 0.144. The Kier molecular flexibility index (Phi) is 5.67. The summed E-state index contributed by atoms with van der Waals surface area (Å²) in [6.07, 6.45) is -4.46. The number of nitrogens with zero attached hydrogens (tertiary/aromatic N) is 1. The zero-order chi connectivity index (χ0) is 20.3. The SMILES string of the molecule is O=C(NCc1cccc(C(F)(F)F)c1)C1CC(=O)N(Cc2ccccc2F)C1. The lowest BCUT2D eigenvalue weighted by molar-refractivity contribution is -0.137. The fourth-order valence-corrected chi connectivity index (χ4v) is 3.12. The predicted molar refractivity (Wildman–Crippen MR) is 93.2 cm³/mol. The summed E-state index contributed by atoms with van der Waals surface area (Å²) in [4.78, 5) is 25.9. The molecule has 0 saturated carbocycles. The van der Waals surface area contributed by atoms with Crippen LogP contribution in [0.1, 0.15) is 23.1 Å². The monoisotopic (exact) mass is 394 g/mol. The van der Waals surface area contributed by atoms with Crippen LogP contribution in [0.2, 0.25) is 0 Å². The summed E-state index contributed by atoms with van der Waals surface area (Å²) in [7, 11) is 0. The van der Waals surface area contributed by atoms with Crippen LogP contribution in [0.3, 0.4) is 0 Å². The molecule has 0 spiro atoms. The Hall–Kier alpha value is -2.90. The molecule has 4 nitrogen and oxygen atoms in total. The zero-order valence-corrected chi connectivity index (χ0v) is 14.8. The standard InChI is InChI=1S/C20H18F4N2O2/c21-17-7-2-1-5-14(17)11-26-12-15(9-18(26)27)19(28)25-10-13-4-3-6-16(8-13)20(22,23)24/h1-8,15H,9-12H2,(H,25,28). The minimum atomic E-state index is -4.45. The van der Waals surface area contributed by atoms with Gasteiger partial charge in [-0.05, 0) is 23.8 Å². The van der Waals surface area contributed by atoms with E-state index in [1.54, 1.807) is 18.2 Å². The van der Waals surface area contributed by atoms with E-state index < -0.39 is 29.4 Å². The van der Waals surface area contributed by atoms with Gasteiger partial charge in [-0.25, -0.2) is 4.39 Å². The van der Waals surface area contributed by atoms with Gasteiger partial charge in [-0.1, -0.05) is 30.3 Å². The number of hydrogen-bond acceptors (Lipinski definition) is 2. The van der Waals surface area contributed by atoms with E-state index in [1.807, 2.05) is 0 Å². The normalized spacial score (nSPS) is 17.1. The second kappa shape index (κ2) is 8.00. The highest BCUT2D eigenvalue weighted by Gasteiger charge is 2.34. The maximum absolute atomic E-state index is 13.8. The van der Waals surface area contributed by atoms with Crippen LogP contribution >= 0.6 is 0 Å². The van der Waals surface area contributed by atoms with Crippen LogP contribution < -0.4 is 5.32 Å². The molecule has 0 aromatic heterocycles.